The highest BCUT2D eigenvalue weighted by Gasteiger charge is 2.22. The molecule has 1 saturated heterocycles. The number of para-hydroxylation sites is 1. The van der Waals surface area contributed by atoms with Crippen LogP contribution in [-0.4, -0.2) is 36.5 Å². The highest BCUT2D eigenvalue weighted by Crippen LogP contribution is 2.26. The molecule has 1 atom stereocenters. The van der Waals surface area contributed by atoms with E-state index in [-0.39, 0.29) is 11.9 Å². The number of carbonyl (C=O) groups is 1. The topological polar surface area (TPSA) is 44.4 Å². The summed E-state index contributed by atoms with van der Waals surface area (Å²) < 4.78 is 0. The smallest absolute Gasteiger partial charge is 0.239 e. The van der Waals surface area contributed by atoms with Crippen LogP contribution in [0.4, 0.5) is 5.69 Å². The van der Waals surface area contributed by atoms with Gasteiger partial charge in [-0.25, -0.2) is 0 Å². The minimum absolute atomic E-state index is 0.111. The maximum Gasteiger partial charge on any atom is 0.239 e. The lowest BCUT2D eigenvalue weighted by molar-refractivity contribution is -0.133. The molecular formula is C17H25N3O. The first-order chi connectivity index (χ1) is 10.3. The van der Waals surface area contributed by atoms with Crippen molar-refractivity contribution < 1.29 is 4.79 Å². The zero-order valence-corrected chi connectivity index (χ0v) is 12.8. The van der Waals surface area contributed by atoms with E-state index >= 15 is 0 Å². The number of nitrogens with one attached hydrogen (secondary N) is 2. The van der Waals surface area contributed by atoms with E-state index in [9.17, 15) is 4.79 Å². The van der Waals surface area contributed by atoms with Crippen LogP contribution in [0.25, 0.3) is 0 Å². The van der Waals surface area contributed by atoms with Crippen LogP contribution in [-0.2, 0) is 17.8 Å². The summed E-state index contributed by atoms with van der Waals surface area (Å²) in [7, 11) is 0. The van der Waals surface area contributed by atoms with E-state index in [2.05, 4.69) is 28.8 Å². The van der Waals surface area contributed by atoms with E-state index in [0.29, 0.717) is 0 Å². The monoisotopic (exact) mass is 287 g/mol. The second-order valence-electron chi connectivity index (χ2n) is 6.12. The minimum Gasteiger partial charge on any atom is -0.384 e. The number of rotatable bonds is 4. The van der Waals surface area contributed by atoms with Crippen molar-refractivity contribution in [3.8, 4) is 0 Å². The fraction of sp³-hybridized carbons (Fsp3) is 0.588. The predicted octanol–water partition coefficient (Wildman–Crippen LogP) is 2.15. The lowest BCUT2D eigenvalue weighted by Crippen LogP contribution is -2.46. The molecule has 2 aliphatic rings. The molecule has 1 aromatic rings. The Hall–Kier alpha value is -1.55. The fourth-order valence-electron chi connectivity index (χ4n) is 3.30. The van der Waals surface area contributed by atoms with Crippen molar-refractivity contribution >= 4 is 11.6 Å². The Labute approximate surface area is 126 Å². The van der Waals surface area contributed by atoms with Gasteiger partial charge in [0, 0.05) is 31.9 Å². The normalized spacial score (nSPS) is 19.0. The molecule has 21 heavy (non-hydrogen) atoms. The molecule has 2 aliphatic heterocycles. The molecular weight excluding hydrogens is 262 g/mol. The van der Waals surface area contributed by atoms with Crippen LogP contribution in [0.1, 0.15) is 37.3 Å². The number of benzene rings is 1. The number of hydrogen-bond donors (Lipinski definition) is 2. The zero-order chi connectivity index (χ0) is 14.7. The number of carbonyl (C=O) groups excluding carboxylic acids is 1. The number of piperidine rings is 1. The van der Waals surface area contributed by atoms with Gasteiger partial charge in [-0.3, -0.25) is 4.79 Å². The second kappa shape index (κ2) is 6.48. The summed E-state index contributed by atoms with van der Waals surface area (Å²) in [4.78, 5) is 14.4. The predicted molar refractivity (Wildman–Crippen MR) is 85.4 cm³/mol. The molecule has 0 bridgehead atoms. The van der Waals surface area contributed by atoms with Crippen LogP contribution in [0.5, 0.6) is 0 Å². The first-order valence-electron chi connectivity index (χ1n) is 8.12. The fourth-order valence-corrected chi connectivity index (χ4v) is 3.30. The van der Waals surface area contributed by atoms with Crippen LogP contribution in [0.15, 0.2) is 18.2 Å². The number of likely N-dealkylation sites (tertiary alicyclic amines) is 1. The summed E-state index contributed by atoms with van der Waals surface area (Å²) in [6, 6.07) is 6.32. The van der Waals surface area contributed by atoms with Gasteiger partial charge in [-0.05, 0) is 43.7 Å². The van der Waals surface area contributed by atoms with Crippen LogP contribution < -0.4 is 10.6 Å². The van der Waals surface area contributed by atoms with E-state index in [0.717, 1.165) is 45.4 Å². The molecule has 1 unspecified atom stereocenters. The van der Waals surface area contributed by atoms with Gasteiger partial charge in [0.25, 0.3) is 0 Å². The number of amides is 1. The molecule has 0 aliphatic carbocycles. The average Bonchev–Trinajstić information content (AvgIpc) is 3.02. The van der Waals surface area contributed by atoms with E-state index < -0.39 is 0 Å². The summed E-state index contributed by atoms with van der Waals surface area (Å²) >= 11 is 0. The van der Waals surface area contributed by atoms with Gasteiger partial charge in [-0.1, -0.05) is 18.2 Å². The Morgan fingerprint density at radius 3 is 2.95 bits per heavy atom. The van der Waals surface area contributed by atoms with Gasteiger partial charge < -0.3 is 15.5 Å². The Bertz CT molecular complexity index is 509. The van der Waals surface area contributed by atoms with Gasteiger partial charge >= 0.3 is 0 Å². The van der Waals surface area contributed by atoms with E-state index in [4.69, 9.17) is 0 Å². The molecule has 2 heterocycles. The van der Waals surface area contributed by atoms with Crippen molar-refractivity contribution in [3.05, 3.63) is 29.3 Å². The van der Waals surface area contributed by atoms with Gasteiger partial charge in [0.15, 0.2) is 0 Å². The summed E-state index contributed by atoms with van der Waals surface area (Å²) in [6.45, 7) is 5.60. The summed E-state index contributed by atoms with van der Waals surface area (Å²) in [5, 5.41) is 6.84. The van der Waals surface area contributed by atoms with Crippen molar-refractivity contribution in [2.24, 2.45) is 0 Å². The zero-order valence-electron chi connectivity index (χ0n) is 12.8. The number of fused-ring (bicyclic) bond motifs is 1. The van der Waals surface area contributed by atoms with Crippen molar-refractivity contribution in [1.29, 1.82) is 0 Å². The van der Waals surface area contributed by atoms with Crippen molar-refractivity contribution in [3.63, 3.8) is 0 Å². The molecule has 3 rings (SSSR count). The maximum absolute atomic E-state index is 12.4. The highest BCUT2D eigenvalue weighted by molar-refractivity contribution is 5.81. The van der Waals surface area contributed by atoms with Crippen LogP contribution >= 0.6 is 0 Å². The Morgan fingerprint density at radius 1 is 1.33 bits per heavy atom. The van der Waals surface area contributed by atoms with Gasteiger partial charge in [0.1, 0.15) is 0 Å². The van der Waals surface area contributed by atoms with E-state index in [1.165, 1.54) is 23.2 Å². The SMILES string of the molecule is CC(NCc1cccc2c1NCC2)C(=O)N1CCCCC1. The first-order valence-corrected chi connectivity index (χ1v) is 8.12. The largest absolute Gasteiger partial charge is 0.384 e. The van der Waals surface area contributed by atoms with Crippen LogP contribution in [0.2, 0.25) is 0 Å². The van der Waals surface area contributed by atoms with E-state index in [1.54, 1.807) is 0 Å². The lowest BCUT2D eigenvalue weighted by Gasteiger charge is -2.29. The summed E-state index contributed by atoms with van der Waals surface area (Å²) in [6.07, 6.45) is 4.65. The third-order valence-electron chi connectivity index (χ3n) is 4.57. The summed E-state index contributed by atoms with van der Waals surface area (Å²) in [5.41, 5.74) is 3.93. The first kappa shape index (κ1) is 14.4. The van der Waals surface area contributed by atoms with Crippen molar-refractivity contribution in [2.45, 2.75) is 45.2 Å². The van der Waals surface area contributed by atoms with Crippen molar-refractivity contribution in [1.82, 2.24) is 10.2 Å². The highest BCUT2D eigenvalue weighted by atomic mass is 16.2. The molecule has 1 fully saturated rings. The molecule has 0 saturated carbocycles. The Kier molecular flexibility index (Phi) is 4.44. The summed E-state index contributed by atoms with van der Waals surface area (Å²) in [5.74, 6) is 0.246. The molecule has 4 nitrogen and oxygen atoms in total. The number of hydrogen-bond acceptors (Lipinski definition) is 3. The molecule has 0 aromatic heterocycles. The van der Waals surface area contributed by atoms with Gasteiger partial charge in [-0.15, -0.1) is 0 Å². The molecule has 4 heteroatoms. The maximum atomic E-state index is 12.4. The molecule has 0 radical (unpaired) electrons. The third kappa shape index (κ3) is 3.21. The Morgan fingerprint density at radius 2 is 2.14 bits per heavy atom. The minimum atomic E-state index is -0.111. The molecule has 0 spiro atoms. The number of nitrogens with zero attached hydrogens (tertiary/aromatic N) is 1. The van der Waals surface area contributed by atoms with E-state index in [1.807, 2.05) is 11.8 Å². The average molecular weight is 287 g/mol. The lowest BCUT2D eigenvalue weighted by atomic mass is 10.1. The second-order valence-corrected chi connectivity index (χ2v) is 6.12. The standard InChI is InChI=1S/C17H25N3O/c1-13(17(21)20-10-3-2-4-11-20)19-12-15-7-5-6-14-8-9-18-16(14)15/h5-7,13,18-19H,2-4,8-12H2,1H3. The molecule has 114 valence electrons. The van der Waals surface area contributed by atoms with Crippen molar-refractivity contribution in [2.75, 3.05) is 25.0 Å². The molecule has 2 N–H and O–H groups in total. The van der Waals surface area contributed by atoms with Gasteiger partial charge in [0.2, 0.25) is 5.91 Å². The van der Waals surface area contributed by atoms with Crippen LogP contribution in [0.3, 0.4) is 0 Å². The third-order valence-corrected chi connectivity index (χ3v) is 4.57. The number of anilines is 1. The molecule has 1 aromatic carbocycles. The van der Waals surface area contributed by atoms with Gasteiger partial charge in [0.05, 0.1) is 6.04 Å². The quantitative estimate of drug-likeness (QED) is 0.892. The van der Waals surface area contributed by atoms with Gasteiger partial charge in [-0.2, -0.15) is 0 Å². The van der Waals surface area contributed by atoms with Crippen LogP contribution in [0, 0.1) is 0 Å². The molecule has 1 amide bonds. The Balaban J connectivity index is 1.57.